The summed E-state index contributed by atoms with van der Waals surface area (Å²) in [6.45, 7) is 6.14. The molecule has 0 bridgehead atoms. The molecule has 0 atom stereocenters. The smallest absolute Gasteiger partial charge is 0.263 e. The van der Waals surface area contributed by atoms with Crippen molar-refractivity contribution >= 4 is 18.7 Å². The van der Waals surface area contributed by atoms with Crippen LogP contribution in [0.1, 0.15) is 20.8 Å². The lowest BCUT2D eigenvalue weighted by molar-refractivity contribution is -0.121. The van der Waals surface area contributed by atoms with Gasteiger partial charge in [0.2, 0.25) is 0 Å². The maximum absolute atomic E-state index is 11.8. The molecule has 0 heterocycles. The maximum atomic E-state index is 11.8. The zero-order chi connectivity index (χ0) is 11.6. The molecule has 0 spiro atoms. The van der Waals surface area contributed by atoms with Gasteiger partial charge in [-0.3, -0.25) is 9.10 Å². The molecule has 0 aromatic rings. The first-order valence-electron chi connectivity index (χ1n) is 4.90. The Morgan fingerprint density at radius 1 is 1.33 bits per heavy atom. The third kappa shape index (κ3) is 2.99. The number of rotatable bonds is 1. The fourth-order valence-electron chi connectivity index (χ4n) is 1.33. The average Bonchev–Trinajstić information content (AvgIpc) is 2.26. The number of carbonyl (C=O) groups is 1. The summed E-state index contributed by atoms with van der Waals surface area (Å²) >= 11 is 4.01. The van der Waals surface area contributed by atoms with Gasteiger partial charge in [-0.1, -0.05) is 51.0 Å². The Labute approximate surface area is 96.9 Å². The van der Waals surface area contributed by atoms with Gasteiger partial charge < -0.3 is 0 Å². The Hall–Kier alpha value is -0.960. The molecule has 0 aromatic heterocycles. The van der Waals surface area contributed by atoms with Crippen molar-refractivity contribution in [3.8, 4) is 0 Å². The zero-order valence-electron chi connectivity index (χ0n) is 9.61. The minimum absolute atomic E-state index is 0.00153. The van der Waals surface area contributed by atoms with Crippen molar-refractivity contribution in [2.45, 2.75) is 20.8 Å². The topological polar surface area (TPSA) is 20.3 Å². The van der Waals surface area contributed by atoms with Gasteiger partial charge in [0.1, 0.15) is 0 Å². The van der Waals surface area contributed by atoms with Gasteiger partial charge in [0.05, 0.1) is 0 Å². The van der Waals surface area contributed by atoms with E-state index in [1.807, 2.05) is 25.2 Å². The Morgan fingerprint density at radius 3 is 2.40 bits per heavy atom. The highest BCUT2D eigenvalue weighted by molar-refractivity contribution is 7.78. The van der Waals surface area contributed by atoms with Gasteiger partial charge in [0.15, 0.2) is 0 Å². The SMILES string of the molecule is CC1=C(C(=O)N(C)S)C=CC(C)(C)C=C1. The summed E-state index contributed by atoms with van der Waals surface area (Å²) in [5.74, 6) is -0.0746. The quantitative estimate of drug-likeness (QED) is 0.678. The fraction of sp³-hybridized carbons (Fsp3) is 0.417. The Morgan fingerprint density at radius 2 is 1.87 bits per heavy atom. The van der Waals surface area contributed by atoms with Crippen LogP contribution in [0.4, 0.5) is 0 Å². The van der Waals surface area contributed by atoms with Gasteiger partial charge in [-0.2, -0.15) is 0 Å². The third-order valence-corrected chi connectivity index (χ3v) is 2.57. The van der Waals surface area contributed by atoms with Crippen molar-refractivity contribution in [2.75, 3.05) is 7.05 Å². The largest absolute Gasteiger partial charge is 0.288 e. The normalized spacial score (nSPS) is 19.0. The summed E-state index contributed by atoms with van der Waals surface area (Å²) in [5, 5.41) is 0. The number of amides is 1. The highest BCUT2D eigenvalue weighted by Gasteiger charge is 2.17. The Balaban J connectivity index is 3.10. The van der Waals surface area contributed by atoms with Crippen LogP contribution >= 0.6 is 12.8 Å². The van der Waals surface area contributed by atoms with Crippen molar-refractivity contribution in [3.63, 3.8) is 0 Å². The van der Waals surface area contributed by atoms with Crippen LogP contribution in [0.5, 0.6) is 0 Å². The van der Waals surface area contributed by atoms with Gasteiger partial charge in [0.25, 0.3) is 5.91 Å². The monoisotopic (exact) mass is 223 g/mol. The molecule has 3 heteroatoms. The molecule has 2 nitrogen and oxygen atoms in total. The zero-order valence-corrected chi connectivity index (χ0v) is 10.5. The lowest BCUT2D eigenvalue weighted by atomic mass is 9.93. The molecular formula is C12H17NOS. The van der Waals surface area contributed by atoms with Crippen LogP contribution in [0.3, 0.4) is 0 Å². The van der Waals surface area contributed by atoms with Crippen LogP contribution in [-0.4, -0.2) is 17.3 Å². The molecular weight excluding hydrogens is 206 g/mol. The number of nitrogens with zero attached hydrogens (tertiary/aromatic N) is 1. The van der Waals surface area contributed by atoms with E-state index >= 15 is 0 Å². The van der Waals surface area contributed by atoms with E-state index in [1.165, 1.54) is 4.31 Å². The molecule has 0 aliphatic heterocycles. The second-order valence-electron chi connectivity index (χ2n) is 4.41. The van der Waals surface area contributed by atoms with E-state index in [-0.39, 0.29) is 11.3 Å². The molecule has 0 fully saturated rings. The minimum atomic E-state index is -0.0746. The van der Waals surface area contributed by atoms with Crippen molar-refractivity contribution in [1.29, 1.82) is 0 Å². The first-order chi connectivity index (χ1) is 6.83. The number of allylic oxidation sites excluding steroid dienone is 4. The van der Waals surface area contributed by atoms with E-state index in [9.17, 15) is 4.79 Å². The molecule has 0 saturated carbocycles. The molecule has 1 rings (SSSR count). The summed E-state index contributed by atoms with van der Waals surface area (Å²) in [6, 6.07) is 0. The van der Waals surface area contributed by atoms with E-state index in [4.69, 9.17) is 0 Å². The molecule has 0 saturated heterocycles. The van der Waals surface area contributed by atoms with E-state index in [0.717, 1.165) is 5.57 Å². The van der Waals surface area contributed by atoms with E-state index < -0.39 is 0 Å². The van der Waals surface area contributed by atoms with Crippen LogP contribution in [0.25, 0.3) is 0 Å². The summed E-state index contributed by atoms with van der Waals surface area (Å²) in [5.41, 5.74) is 1.68. The first-order valence-corrected chi connectivity index (χ1v) is 5.30. The second-order valence-corrected chi connectivity index (χ2v) is 5.01. The van der Waals surface area contributed by atoms with E-state index in [0.29, 0.717) is 5.57 Å². The molecule has 0 aromatic carbocycles. The predicted molar refractivity (Wildman–Crippen MR) is 66.5 cm³/mol. The molecule has 1 aliphatic carbocycles. The summed E-state index contributed by atoms with van der Waals surface area (Å²) in [6.07, 6.45) is 8.00. The second kappa shape index (κ2) is 4.27. The maximum Gasteiger partial charge on any atom is 0.263 e. The fourth-order valence-corrected chi connectivity index (χ4v) is 1.44. The number of likely N-dealkylation sites (N-methyl/N-ethyl adjacent to an activating group) is 1. The number of hydrogen-bond donors (Lipinski definition) is 1. The van der Waals surface area contributed by atoms with Crippen molar-refractivity contribution < 1.29 is 4.79 Å². The molecule has 1 amide bonds. The van der Waals surface area contributed by atoms with Gasteiger partial charge in [0, 0.05) is 18.0 Å². The van der Waals surface area contributed by atoms with Gasteiger partial charge >= 0.3 is 0 Å². The molecule has 1 aliphatic rings. The predicted octanol–water partition coefficient (Wildman–Crippen LogP) is 2.76. The third-order valence-electron chi connectivity index (χ3n) is 2.39. The molecule has 0 radical (unpaired) electrons. The van der Waals surface area contributed by atoms with E-state index in [1.54, 1.807) is 7.05 Å². The lowest BCUT2D eigenvalue weighted by Crippen LogP contribution is -2.18. The molecule has 0 N–H and O–H groups in total. The van der Waals surface area contributed by atoms with Crippen LogP contribution in [-0.2, 0) is 4.79 Å². The Bertz CT molecular complexity index is 362. The number of hydrogen-bond acceptors (Lipinski definition) is 2. The van der Waals surface area contributed by atoms with Crippen LogP contribution in [0.15, 0.2) is 35.5 Å². The first kappa shape index (κ1) is 12.1. The van der Waals surface area contributed by atoms with Crippen molar-refractivity contribution in [1.82, 2.24) is 4.31 Å². The van der Waals surface area contributed by atoms with Gasteiger partial charge in [-0.05, 0) is 12.5 Å². The standard InChI is InChI=1S/C12H17NOS/c1-9-5-7-12(2,3)8-6-10(9)11(14)13(4)15/h5-8,15H,1-4H3. The van der Waals surface area contributed by atoms with Crippen molar-refractivity contribution in [2.24, 2.45) is 5.41 Å². The van der Waals surface area contributed by atoms with E-state index in [2.05, 4.69) is 32.7 Å². The average molecular weight is 223 g/mol. The molecule has 0 unspecified atom stereocenters. The van der Waals surface area contributed by atoms with Gasteiger partial charge in [-0.15, -0.1) is 0 Å². The van der Waals surface area contributed by atoms with Crippen LogP contribution in [0, 0.1) is 5.41 Å². The Kier molecular flexibility index (Phi) is 3.45. The van der Waals surface area contributed by atoms with Crippen LogP contribution < -0.4 is 0 Å². The summed E-state index contributed by atoms with van der Waals surface area (Å²) < 4.78 is 1.30. The lowest BCUT2D eigenvalue weighted by Gasteiger charge is -2.13. The van der Waals surface area contributed by atoms with Gasteiger partial charge in [-0.25, -0.2) is 0 Å². The molecule has 15 heavy (non-hydrogen) atoms. The highest BCUT2D eigenvalue weighted by atomic mass is 32.1. The van der Waals surface area contributed by atoms with Crippen molar-refractivity contribution in [3.05, 3.63) is 35.5 Å². The number of thiol groups is 1. The minimum Gasteiger partial charge on any atom is -0.288 e. The molecule has 82 valence electrons. The summed E-state index contributed by atoms with van der Waals surface area (Å²) in [4.78, 5) is 11.8. The highest BCUT2D eigenvalue weighted by Crippen LogP contribution is 2.26. The van der Waals surface area contributed by atoms with Crippen LogP contribution in [0.2, 0.25) is 0 Å². The summed E-state index contributed by atoms with van der Waals surface area (Å²) in [7, 11) is 1.64. The number of carbonyl (C=O) groups excluding carboxylic acids is 1.